The van der Waals surface area contributed by atoms with E-state index in [1.165, 1.54) is 24.5 Å². The Bertz CT molecular complexity index is 1320. The maximum atomic E-state index is 12.3. The van der Waals surface area contributed by atoms with Crippen LogP contribution in [0, 0.1) is 0 Å². The number of amides is 1. The molecule has 0 fully saturated rings. The molecule has 0 atom stereocenters. The van der Waals surface area contributed by atoms with Crippen LogP contribution in [-0.2, 0) is 11.3 Å². The second-order valence-electron chi connectivity index (χ2n) is 6.85. The monoisotopic (exact) mass is 449 g/mol. The third kappa shape index (κ3) is 5.40. The van der Waals surface area contributed by atoms with Crippen LogP contribution >= 0.6 is 0 Å². The van der Waals surface area contributed by atoms with Crippen molar-refractivity contribution in [2.45, 2.75) is 6.54 Å². The van der Waals surface area contributed by atoms with Gasteiger partial charge in [-0.05, 0) is 54.6 Å². The van der Waals surface area contributed by atoms with Crippen LogP contribution in [0.25, 0.3) is 11.0 Å². The van der Waals surface area contributed by atoms with Gasteiger partial charge in [-0.1, -0.05) is 0 Å². The molecule has 9 nitrogen and oxygen atoms in total. The van der Waals surface area contributed by atoms with Crippen LogP contribution in [0.1, 0.15) is 16.1 Å². The first kappa shape index (κ1) is 21.7. The molecule has 0 aliphatic heterocycles. The zero-order valence-electron chi connectivity index (χ0n) is 17.5. The highest BCUT2D eigenvalue weighted by Gasteiger charge is 2.15. The molecule has 33 heavy (non-hydrogen) atoms. The van der Waals surface area contributed by atoms with Crippen LogP contribution < -0.4 is 25.2 Å². The Morgan fingerprint density at radius 2 is 1.73 bits per heavy atom. The summed E-state index contributed by atoms with van der Waals surface area (Å²) in [5, 5.41) is 3.09. The molecule has 2 aromatic heterocycles. The summed E-state index contributed by atoms with van der Waals surface area (Å²) >= 11 is 0. The van der Waals surface area contributed by atoms with Crippen molar-refractivity contribution in [2.24, 2.45) is 0 Å². The molecule has 0 aliphatic rings. The van der Waals surface area contributed by atoms with Crippen LogP contribution in [0.15, 0.2) is 80.6 Å². The first-order chi connectivity index (χ1) is 16.0. The van der Waals surface area contributed by atoms with Crippen LogP contribution in [0.4, 0.5) is 0 Å². The SMILES string of the molecule is COc1ccc(OCC(=O)Oc2ccc3cc(C(=O)NCc4ccco4)c(=O)oc3c2)cc1. The van der Waals surface area contributed by atoms with Crippen molar-refractivity contribution in [1.29, 1.82) is 0 Å². The van der Waals surface area contributed by atoms with Gasteiger partial charge in [-0.25, -0.2) is 9.59 Å². The smallest absolute Gasteiger partial charge is 0.349 e. The minimum atomic E-state index is -0.814. The van der Waals surface area contributed by atoms with E-state index in [0.717, 1.165) is 0 Å². The van der Waals surface area contributed by atoms with Gasteiger partial charge in [0.15, 0.2) is 6.61 Å². The lowest BCUT2D eigenvalue weighted by molar-refractivity contribution is -0.136. The highest BCUT2D eigenvalue weighted by molar-refractivity contribution is 5.96. The molecule has 0 saturated heterocycles. The molecule has 0 radical (unpaired) electrons. The Labute approximate surface area is 187 Å². The Morgan fingerprint density at radius 3 is 2.45 bits per heavy atom. The summed E-state index contributed by atoms with van der Waals surface area (Å²) < 4.78 is 26.1. The average molecular weight is 449 g/mol. The van der Waals surface area contributed by atoms with Crippen molar-refractivity contribution < 1.29 is 32.6 Å². The molecule has 2 aromatic carbocycles. The fraction of sp³-hybridized carbons (Fsp3) is 0.125. The number of nitrogens with one attached hydrogen (secondary N) is 1. The van der Waals surface area contributed by atoms with Crippen molar-refractivity contribution in [3.8, 4) is 17.2 Å². The summed E-state index contributed by atoms with van der Waals surface area (Å²) in [6.07, 6.45) is 1.49. The number of benzene rings is 2. The van der Waals surface area contributed by atoms with E-state index in [1.807, 2.05) is 0 Å². The molecule has 4 rings (SSSR count). The molecule has 1 amide bonds. The third-order valence-corrected chi connectivity index (χ3v) is 4.60. The molecule has 1 N–H and O–H groups in total. The van der Waals surface area contributed by atoms with Gasteiger partial charge in [-0.3, -0.25) is 4.79 Å². The number of fused-ring (bicyclic) bond motifs is 1. The molecule has 0 unspecified atom stereocenters. The maximum absolute atomic E-state index is 12.3. The van der Waals surface area contributed by atoms with Crippen molar-refractivity contribution in [3.63, 3.8) is 0 Å². The van der Waals surface area contributed by atoms with Gasteiger partial charge in [0.25, 0.3) is 5.91 Å². The summed E-state index contributed by atoms with van der Waals surface area (Å²) in [4.78, 5) is 36.7. The molecule has 168 valence electrons. The minimum Gasteiger partial charge on any atom is -0.497 e. The van der Waals surface area contributed by atoms with E-state index < -0.39 is 17.5 Å². The molecule has 4 aromatic rings. The molecule has 9 heteroatoms. The van der Waals surface area contributed by atoms with E-state index in [9.17, 15) is 14.4 Å². The lowest BCUT2D eigenvalue weighted by Gasteiger charge is -2.08. The number of carbonyl (C=O) groups is 2. The summed E-state index contributed by atoms with van der Waals surface area (Å²) in [5.74, 6) is 0.644. The maximum Gasteiger partial charge on any atom is 0.349 e. The number of ether oxygens (including phenoxy) is 3. The standard InChI is InChI=1S/C24H19NO8/c1-29-16-6-8-17(9-7-16)31-14-22(26)32-18-5-4-15-11-20(24(28)33-21(15)12-18)23(27)25-13-19-3-2-10-30-19/h2-12H,13-14H2,1H3,(H,25,27). The Balaban J connectivity index is 1.39. The second-order valence-corrected chi connectivity index (χ2v) is 6.85. The van der Waals surface area contributed by atoms with Gasteiger partial charge in [0.2, 0.25) is 0 Å². The predicted molar refractivity (Wildman–Crippen MR) is 116 cm³/mol. The topological polar surface area (TPSA) is 117 Å². The van der Waals surface area contributed by atoms with E-state index >= 15 is 0 Å². The number of furan rings is 1. The van der Waals surface area contributed by atoms with Crippen molar-refractivity contribution in [1.82, 2.24) is 5.32 Å². The summed E-state index contributed by atoms with van der Waals surface area (Å²) in [5.41, 5.74) is -0.790. The lowest BCUT2D eigenvalue weighted by atomic mass is 10.1. The highest BCUT2D eigenvalue weighted by Crippen LogP contribution is 2.21. The minimum absolute atomic E-state index is 0.136. The number of carbonyl (C=O) groups excluding carboxylic acids is 2. The highest BCUT2D eigenvalue weighted by atomic mass is 16.6. The molecule has 0 spiro atoms. The van der Waals surface area contributed by atoms with Crippen LogP contribution in [-0.4, -0.2) is 25.6 Å². The Kier molecular flexibility index (Phi) is 6.40. The number of esters is 1. The van der Waals surface area contributed by atoms with Crippen LogP contribution in [0.2, 0.25) is 0 Å². The quantitative estimate of drug-likeness (QED) is 0.247. The van der Waals surface area contributed by atoms with E-state index in [1.54, 1.807) is 49.6 Å². The molecule has 0 aliphatic carbocycles. The fourth-order valence-electron chi connectivity index (χ4n) is 2.96. The van der Waals surface area contributed by atoms with Crippen molar-refractivity contribution in [2.75, 3.05) is 13.7 Å². The molecule has 0 bridgehead atoms. The number of rotatable bonds is 8. The summed E-state index contributed by atoms with van der Waals surface area (Å²) in [7, 11) is 1.55. The van der Waals surface area contributed by atoms with Crippen LogP contribution in [0.3, 0.4) is 0 Å². The third-order valence-electron chi connectivity index (χ3n) is 4.60. The van der Waals surface area contributed by atoms with Gasteiger partial charge in [0.05, 0.1) is 19.9 Å². The first-order valence-corrected chi connectivity index (χ1v) is 9.88. The molecule has 2 heterocycles. The number of hydrogen-bond donors (Lipinski definition) is 1. The molecule has 0 saturated carbocycles. The summed E-state index contributed by atoms with van der Waals surface area (Å²) in [6.45, 7) is -0.181. The van der Waals surface area contributed by atoms with Crippen molar-refractivity contribution in [3.05, 3.63) is 88.7 Å². The second kappa shape index (κ2) is 9.73. The zero-order chi connectivity index (χ0) is 23.2. The normalized spacial score (nSPS) is 10.6. The fourth-order valence-corrected chi connectivity index (χ4v) is 2.96. The average Bonchev–Trinajstić information content (AvgIpc) is 3.35. The zero-order valence-corrected chi connectivity index (χ0v) is 17.5. The van der Waals surface area contributed by atoms with Crippen LogP contribution in [0.5, 0.6) is 17.2 Å². The van der Waals surface area contributed by atoms with E-state index in [-0.39, 0.29) is 30.0 Å². The van der Waals surface area contributed by atoms with Gasteiger partial charge >= 0.3 is 11.6 Å². The molecular formula is C24H19NO8. The van der Waals surface area contributed by atoms with Gasteiger partial charge in [-0.15, -0.1) is 0 Å². The molecular weight excluding hydrogens is 430 g/mol. The summed E-state index contributed by atoms with van der Waals surface area (Å²) in [6, 6.07) is 16.1. The van der Waals surface area contributed by atoms with Gasteiger partial charge < -0.3 is 28.4 Å². The van der Waals surface area contributed by atoms with E-state index in [0.29, 0.717) is 22.6 Å². The first-order valence-electron chi connectivity index (χ1n) is 9.88. The van der Waals surface area contributed by atoms with E-state index in [4.69, 9.17) is 23.0 Å². The van der Waals surface area contributed by atoms with E-state index in [2.05, 4.69) is 5.32 Å². The lowest BCUT2D eigenvalue weighted by Crippen LogP contribution is -2.27. The largest absolute Gasteiger partial charge is 0.497 e. The van der Waals surface area contributed by atoms with Gasteiger partial charge in [0.1, 0.15) is 34.2 Å². The Hall–Kier alpha value is -4.53. The van der Waals surface area contributed by atoms with Crippen molar-refractivity contribution >= 4 is 22.8 Å². The number of hydrogen-bond acceptors (Lipinski definition) is 8. The van der Waals surface area contributed by atoms with Gasteiger partial charge in [0, 0.05) is 11.5 Å². The Morgan fingerprint density at radius 1 is 0.970 bits per heavy atom. The van der Waals surface area contributed by atoms with Gasteiger partial charge in [-0.2, -0.15) is 0 Å². The number of methoxy groups -OCH3 is 1. The predicted octanol–water partition coefficient (Wildman–Crippen LogP) is 3.31.